The second kappa shape index (κ2) is 6.04. The zero-order chi connectivity index (χ0) is 13.8. The summed E-state index contributed by atoms with van der Waals surface area (Å²) in [5.41, 5.74) is 6.87. The molecule has 0 fully saturated rings. The highest BCUT2D eigenvalue weighted by Crippen LogP contribution is 2.27. The smallest absolute Gasteiger partial charge is 0.244 e. The van der Waals surface area contributed by atoms with Gasteiger partial charge < -0.3 is 11.1 Å². The molecule has 1 unspecified atom stereocenters. The number of nitrogens with two attached hydrogens (primary N) is 1. The molecule has 3 N–H and O–H groups in total. The molecule has 0 spiro atoms. The predicted molar refractivity (Wildman–Crippen MR) is 78.9 cm³/mol. The van der Waals surface area contributed by atoms with Crippen LogP contribution >= 0.6 is 27.5 Å². The fourth-order valence-corrected chi connectivity index (χ4v) is 2.11. The number of carbonyl (C=O) groups excluding carboxylic acids is 1. The molecule has 1 aromatic heterocycles. The molecule has 19 heavy (non-hydrogen) atoms. The minimum Gasteiger partial charge on any atom is -0.370 e. The number of pyridine rings is 1. The molecule has 1 atom stereocenters. The molecule has 1 heterocycles. The van der Waals surface area contributed by atoms with Gasteiger partial charge in [-0.1, -0.05) is 17.7 Å². The minimum absolute atomic E-state index is 0.473. The number of anilines is 1. The number of nitrogens with zero attached hydrogens (tertiary/aromatic N) is 1. The highest BCUT2D eigenvalue weighted by molar-refractivity contribution is 9.10. The van der Waals surface area contributed by atoms with E-state index in [-0.39, 0.29) is 0 Å². The average molecular weight is 341 g/mol. The number of carbonyl (C=O) groups is 1. The normalized spacial score (nSPS) is 11.9. The van der Waals surface area contributed by atoms with Crippen LogP contribution in [-0.4, -0.2) is 10.9 Å². The fourth-order valence-electron chi connectivity index (χ4n) is 1.62. The van der Waals surface area contributed by atoms with E-state index in [0.717, 1.165) is 10.2 Å². The second-order valence-corrected chi connectivity index (χ2v) is 5.16. The lowest BCUT2D eigenvalue weighted by atomic mass is 10.1. The number of rotatable bonds is 4. The SMILES string of the molecule is NC(=O)C(Nc1ccc(Cl)c(Br)c1)c1cccnc1. The van der Waals surface area contributed by atoms with Crippen LogP contribution in [0.1, 0.15) is 11.6 Å². The third-order valence-electron chi connectivity index (χ3n) is 2.53. The zero-order valence-electron chi connectivity index (χ0n) is 9.81. The Hall–Kier alpha value is -1.59. The maximum absolute atomic E-state index is 11.6. The van der Waals surface area contributed by atoms with Gasteiger partial charge in [0.2, 0.25) is 5.91 Å². The summed E-state index contributed by atoms with van der Waals surface area (Å²) in [6.07, 6.45) is 3.24. The van der Waals surface area contributed by atoms with Gasteiger partial charge in [-0.15, -0.1) is 0 Å². The third kappa shape index (κ3) is 3.45. The molecule has 0 saturated heterocycles. The van der Waals surface area contributed by atoms with Gasteiger partial charge >= 0.3 is 0 Å². The van der Waals surface area contributed by atoms with E-state index in [2.05, 4.69) is 26.2 Å². The number of hydrogen-bond acceptors (Lipinski definition) is 3. The van der Waals surface area contributed by atoms with E-state index in [4.69, 9.17) is 17.3 Å². The zero-order valence-corrected chi connectivity index (χ0v) is 12.1. The Bertz CT molecular complexity index is 592. The number of primary amides is 1. The molecule has 2 rings (SSSR count). The summed E-state index contributed by atoms with van der Waals surface area (Å²) in [5.74, 6) is -0.473. The number of aromatic nitrogens is 1. The van der Waals surface area contributed by atoms with Crippen molar-refractivity contribution in [2.24, 2.45) is 5.73 Å². The van der Waals surface area contributed by atoms with Crippen molar-refractivity contribution in [2.75, 3.05) is 5.32 Å². The Balaban J connectivity index is 2.27. The number of benzene rings is 1. The van der Waals surface area contributed by atoms with Crippen LogP contribution in [-0.2, 0) is 4.79 Å². The maximum atomic E-state index is 11.6. The first kappa shape index (κ1) is 13.8. The molecule has 0 aliphatic heterocycles. The van der Waals surface area contributed by atoms with Crippen LogP contribution in [0.5, 0.6) is 0 Å². The maximum Gasteiger partial charge on any atom is 0.244 e. The van der Waals surface area contributed by atoms with E-state index in [1.54, 1.807) is 42.7 Å². The summed E-state index contributed by atoms with van der Waals surface area (Å²) in [4.78, 5) is 15.5. The van der Waals surface area contributed by atoms with Gasteiger partial charge in [-0.25, -0.2) is 0 Å². The van der Waals surface area contributed by atoms with Crippen molar-refractivity contribution >= 4 is 39.1 Å². The molecular weight excluding hydrogens is 330 g/mol. The lowest BCUT2D eigenvalue weighted by molar-refractivity contribution is -0.118. The van der Waals surface area contributed by atoms with E-state index < -0.39 is 11.9 Å². The van der Waals surface area contributed by atoms with E-state index in [9.17, 15) is 4.79 Å². The number of halogens is 2. The van der Waals surface area contributed by atoms with Gasteiger partial charge in [0.1, 0.15) is 6.04 Å². The molecule has 4 nitrogen and oxygen atoms in total. The second-order valence-electron chi connectivity index (χ2n) is 3.89. The number of hydrogen-bond donors (Lipinski definition) is 2. The Morgan fingerprint density at radius 1 is 1.42 bits per heavy atom. The molecule has 6 heteroatoms. The van der Waals surface area contributed by atoms with Crippen molar-refractivity contribution in [3.8, 4) is 0 Å². The largest absolute Gasteiger partial charge is 0.370 e. The van der Waals surface area contributed by atoms with Crippen molar-refractivity contribution in [1.82, 2.24) is 4.98 Å². The van der Waals surface area contributed by atoms with Gasteiger partial charge in [0.25, 0.3) is 0 Å². The molecule has 0 bridgehead atoms. The minimum atomic E-state index is -0.637. The van der Waals surface area contributed by atoms with E-state index in [0.29, 0.717) is 10.6 Å². The van der Waals surface area contributed by atoms with Gasteiger partial charge in [-0.3, -0.25) is 9.78 Å². The van der Waals surface area contributed by atoms with Gasteiger partial charge in [-0.2, -0.15) is 0 Å². The molecular formula is C13H11BrClN3O. The van der Waals surface area contributed by atoms with Crippen molar-refractivity contribution in [3.63, 3.8) is 0 Å². The fraction of sp³-hybridized carbons (Fsp3) is 0.0769. The summed E-state index contributed by atoms with van der Waals surface area (Å²) in [5, 5.41) is 3.66. The third-order valence-corrected chi connectivity index (χ3v) is 3.75. The first-order chi connectivity index (χ1) is 9.08. The Kier molecular flexibility index (Phi) is 4.39. The van der Waals surface area contributed by atoms with Crippen LogP contribution in [0.3, 0.4) is 0 Å². The number of nitrogens with one attached hydrogen (secondary N) is 1. The first-order valence-electron chi connectivity index (χ1n) is 5.49. The monoisotopic (exact) mass is 339 g/mol. The van der Waals surface area contributed by atoms with E-state index in [1.165, 1.54) is 0 Å². The molecule has 0 radical (unpaired) electrons. The van der Waals surface area contributed by atoms with Gasteiger partial charge in [0, 0.05) is 28.1 Å². The van der Waals surface area contributed by atoms with Crippen molar-refractivity contribution in [3.05, 3.63) is 57.8 Å². The lowest BCUT2D eigenvalue weighted by Gasteiger charge is -2.17. The lowest BCUT2D eigenvalue weighted by Crippen LogP contribution is -2.27. The average Bonchev–Trinajstić information content (AvgIpc) is 2.40. The quantitative estimate of drug-likeness (QED) is 0.898. The van der Waals surface area contributed by atoms with Crippen LogP contribution in [0.2, 0.25) is 5.02 Å². The summed E-state index contributed by atoms with van der Waals surface area (Å²) >= 11 is 9.25. The standard InChI is InChI=1S/C13H11BrClN3O/c14-10-6-9(3-4-11(10)15)18-12(13(16)19)8-2-1-5-17-7-8/h1-7,12,18H,(H2,16,19). The van der Waals surface area contributed by atoms with E-state index >= 15 is 0 Å². The summed E-state index contributed by atoms with van der Waals surface area (Å²) in [6, 6.07) is 8.20. The molecule has 0 aliphatic rings. The molecule has 0 saturated carbocycles. The first-order valence-corrected chi connectivity index (χ1v) is 6.66. The van der Waals surface area contributed by atoms with E-state index in [1.807, 2.05) is 0 Å². The highest BCUT2D eigenvalue weighted by atomic mass is 79.9. The topological polar surface area (TPSA) is 68.0 Å². The highest BCUT2D eigenvalue weighted by Gasteiger charge is 2.17. The molecule has 1 amide bonds. The van der Waals surface area contributed by atoms with Gasteiger partial charge in [0.05, 0.1) is 5.02 Å². The predicted octanol–water partition coefficient (Wildman–Crippen LogP) is 3.14. The van der Waals surface area contributed by atoms with Gasteiger partial charge in [0.15, 0.2) is 0 Å². The van der Waals surface area contributed by atoms with Crippen molar-refractivity contribution in [2.45, 2.75) is 6.04 Å². The van der Waals surface area contributed by atoms with Crippen LogP contribution in [0, 0.1) is 0 Å². The van der Waals surface area contributed by atoms with Crippen LogP contribution in [0.4, 0.5) is 5.69 Å². The van der Waals surface area contributed by atoms with Crippen molar-refractivity contribution < 1.29 is 4.79 Å². The number of amides is 1. The summed E-state index contributed by atoms with van der Waals surface area (Å²) in [6.45, 7) is 0. The summed E-state index contributed by atoms with van der Waals surface area (Å²) < 4.78 is 0.744. The van der Waals surface area contributed by atoms with Crippen LogP contribution < -0.4 is 11.1 Å². The molecule has 98 valence electrons. The summed E-state index contributed by atoms with van der Waals surface area (Å²) in [7, 11) is 0. The molecule has 1 aromatic carbocycles. The van der Waals surface area contributed by atoms with Gasteiger partial charge in [-0.05, 0) is 40.2 Å². The van der Waals surface area contributed by atoms with Crippen LogP contribution in [0.15, 0.2) is 47.2 Å². The van der Waals surface area contributed by atoms with Crippen LogP contribution in [0.25, 0.3) is 0 Å². The Morgan fingerprint density at radius 3 is 2.79 bits per heavy atom. The molecule has 0 aliphatic carbocycles. The molecule has 2 aromatic rings. The Morgan fingerprint density at radius 2 is 2.21 bits per heavy atom. The van der Waals surface area contributed by atoms with Crippen molar-refractivity contribution in [1.29, 1.82) is 0 Å². The Labute approximate surface area is 124 Å².